The zero-order valence-electron chi connectivity index (χ0n) is 11.4. The van der Waals surface area contributed by atoms with Crippen LogP contribution in [-0.2, 0) is 0 Å². The third-order valence-electron chi connectivity index (χ3n) is 3.00. The average molecular weight is 287 g/mol. The Morgan fingerprint density at radius 2 is 2.15 bits per heavy atom. The van der Waals surface area contributed by atoms with E-state index < -0.39 is 0 Å². The summed E-state index contributed by atoms with van der Waals surface area (Å²) < 4.78 is 0. The maximum atomic E-state index is 12.7. The number of hydrogen-bond donors (Lipinski definition) is 1. The van der Waals surface area contributed by atoms with Crippen LogP contribution in [0.5, 0.6) is 0 Å². The molecule has 5 heteroatoms. The minimum atomic E-state index is -0.0572. The number of benzene rings is 1. The molecule has 0 aliphatic carbocycles. The van der Waals surface area contributed by atoms with Crippen molar-refractivity contribution >= 4 is 34.0 Å². The number of carbonyl (C=O) groups is 1. The molecule has 0 fully saturated rings. The lowest BCUT2D eigenvalue weighted by Gasteiger charge is -2.22. The summed E-state index contributed by atoms with van der Waals surface area (Å²) in [4.78, 5) is 18.9. The van der Waals surface area contributed by atoms with Gasteiger partial charge in [-0.3, -0.25) is 9.78 Å². The van der Waals surface area contributed by atoms with Gasteiger partial charge in [0.15, 0.2) is 0 Å². The molecule has 0 spiro atoms. The number of nitrogens with zero attached hydrogens (tertiary/aromatic N) is 2. The second-order valence-corrected chi connectivity index (χ2v) is 5.09. The van der Waals surface area contributed by atoms with E-state index in [1.807, 2.05) is 37.3 Å². The largest absolute Gasteiger partial charge is 0.392 e. The second kappa shape index (κ2) is 6.43. The van der Waals surface area contributed by atoms with Crippen molar-refractivity contribution < 1.29 is 4.79 Å². The van der Waals surface area contributed by atoms with Crippen molar-refractivity contribution in [2.45, 2.75) is 13.3 Å². The van der Waals surface area contributed by atoms with E-state index in [-0.39, 0.29) is 5.91 Å². The molecule has 0 atom stereocenters. The van der Waals surface area contributed by atoms with Crippen molar-refractivity contribution in [3.05, 3.63) is 42.1 Å². The summed E-state index contributed by atoms with van der Waals surface area (Å²) >= 11 is 4.92. The van der Waals surface area contributed by atoms with Crippen LogP contribution >= 0.6 is 12.2 Å². The highest BCUT2D eigenvalue weighted by atomic mass is 32.1. The maximum Gasteiger partial charge on any atom is 0.254 e. The Kier molecular flexibility index (Phi) is 4.63. The van der Waals surface area contributed by atoms with Gasteiger partial charge in [0.05, 0.1) is 17.0 Å². The first-order valence-electron chi connectivity index (χ1n) is 6.54. The molecule has 1 aromatic heterocycles. The molecule has 2 N–H and O–H groups in total. The normalized spacial score (nSPS) is 10.4. The molecule has 0 aliphatic heterocycles. The summed E-state index contributed by atoms with van der Waals surface area (Å²) in [6, 6.07) is 9.28. The number of thiocarbonyl (C=S) groups is 1. The highest BCUT2D eigenvalue weighted by Crippen LogP contribution is 2.18. The van der Waals surface area contributed by atoms with E-state index in [1.165, 1.54) is 0 Å². The summed E-state index contributed by atoms with van der Waals surface area (Å²) in [5.74, 6) is -0.0572. The van der Waals surface area contributed by atoms with Gasteiger partial charge in [-0.1, -0.05) is 31.3 Å². The fourth-order valence-corrected chi connectivity index (χ4v) is 2.33. The van der Waals surface area contributed by atoms with Crippen LogP contribution in [0, 0.1) is 0 Å². The van der Waals surface area contributed by atoms with Gasteiger partial charge in [0.1, 0.15) is 0 Å². The third kappa shape index (κ3) is 3.11. The summed E-state index contributed by atoms with van der Waals surface area (Å²) in [5.41, 5.74) is 7.03. The van der Waals surface area contributed by atoms with Gasteiger partial charge in [0.2, 0.25) is 0 Å². The molecule has 1 aromatic carbocycles. The molecule has 0 saturated carbocycles. The van der Waals surface area contributed by atoms with Crippen molar-refractivity contribution in [3.8, 4) is 0 Å². The van der Waals surface area contributed by atoms with Crippen LogP contribution in [-0.4, -0.2) is 33.9 Å². The maximum absolute atomic E-state index is 12.7. The molecule has 0 bridgehead atoms. The highest BCUT2D eigenvalue weighted by Gasteiger charge is 2.18. The fourth-order valence-electron chi connectivity index (χ4n) is 2.17. The summed E-state index contributed by atoms with van der Waals surface area (Å²) in [6.07, 6.45) is 2.58. The van der Waals surface area contributed by atoms with E-state index >= 15 is 0 Å². The Bertz CT molecular complexity index is 637. The second-order valence-electron chi connectivity index (χ2n) is 4.57. The minimum absolute atomic E-state index is 0.0572. The Labute approximate surface area is 123 Å². The van der Waals surface area contributed by atoms with Crippen LogP contribution < -0.4 is 5.73 Å². The first-order chi connectivity index (χ1) is 9.63. The van der Waals surface area contributed by atoms with E-state index in [0.29, 0.717) is 23.6 Å². The van der Waals surface area contributed by atoms with Gasteiger partial charge in [-0.25, -0.2) is 0 Å². The first kappa shape index (κ1) is 14.4. The SMILES string of the molecule is CCCN(CC(N)=S)C(=O)c1cccc2ncccc12. The van der Waals surface area contributed by atoms with Gasteiger partial charge in [-0.15, -0.1) is 0 Å². The van der Waals surface area contributed by atoms with Crippen LogP contribution in [0.3, 0.4) is 0 Å². The number of rotatable bonds is 5. The van der Waals surface area contributed by atoms with Crippen LogP contribution in [0.25, 0.3) is 10.9 Å². The smallest absolute Gasteiger partial charge is 0.254 e. The number of aromatic nitrogens is 1. The molecular weight excluding hydrogens is 270 g/mol. The minimum Gasteiger partial charge on any atom is -0.392 e. The number of amides is 1. The lowest BCUT2D eigenvalue weighted by molar-refractivity contribution is 0.0782. The van der Waals surface area contributed by atoms with E-state index in [2.05, 4.69) is 4.98 Å². The average Bonchev–Trinajstić information content (AvgIpc) is 2.45. The van der Waals surface area contributed by atoms with Crippen LogP contribution in [0.4, 0.5) is 0 Å². The topological polar surface area (TPSA) is 59.2 Å². The van der Waals surface area contributed by atoms with E-state index in [4.69, 9.17) is 18.0 Å². The molecular formula is C15H17N3OS. The predicted molar refractivity (Wildman–Crippen MR) is 84.7 cm³/mol. The lowest BCUT2D eigenvalue weighted by atomic mass is 10.1. The van der Waals surface area contributed by atoms with Gasteiger partial charge < -0.3 is 10.6 Å². The quantitative estimate of drug-likeness (QED) is 0.858. The highest BCUT2D eigenvalue weighted by molar-refractivity contribution is 7.80. The van der Waals surface area contributed by atoms with Crippen LogP contribution in [0.2, 0.25) is 0 Å². The number of carbonyl (C=O) groups excluding carboxylic acids is 1. The molecule has 1 heterocycles. The Balaban J connectivity index is 2.40. The molecule has 2 rings (SSSR count). The van der Waals surface area contributed by atoms with Crippen LogP contribution in [0.1, 0.15) is 23.7 Å². The van der Waals surface area contributed by atoms with Gasteiger partial charge in [0.25, 0.3) is 5.91 Å². The van der Waals surface area contributed by atoms with E-state index in [1.54, 1.807) is 11.1 Å². The molecule has 4 nitrogen and oxygen atoms in total. The van der Waals surface area contributed by atoms with Gasteiger partial charge >= 0.3 is 0 Å². The number of pyridine rings is 1. The number of fused-ring (bicyclic) bond motifs is 1. The Morgan fingerprint density at radius 3 is 2.85 bits per heavy atom. The summed E-state index contributed by atoms with van der Waals surface area (Å²) in [6.45, 7) is 2.95. The third-order valence-corrected chi connectivity index (χ3v) is 3.13. The van der Waals surface area contributed by atoms with Gasteiger partial charge in [-0.2, -0.15) is 0 Å². The van der Waals surface area contributed by atoms with E-state index in [9.17, 15) is 4.79 Å². The van der Waals surface area contributed by atoms with Crippen molar-refractivity contribution in [2.24, 2.45) is 5.73 Å². The molecule has 0 unspecified atom stereocenters. The molecule has 0 saturated heterocycles. The molecule has 20 heavy (non-hydrogen) atoms. The van der Waals surface area contributed by atoms with E-state index in [0.717, 1.165) is 17.3 Å². The zero-order valence-corrected chi connectivity index (χ0v) is 12.2. The zero-order chi connectivity index (χ0) is 14.5. The Morgan fingerprint density at radius 1 is 1.35 bits per heavy atom. The molecule has 2 aromatic rings. The lowest BCUT2D eigenvalue weighted by Crippen LogP contribution is -2.38. The molecule has 0 radical (unpaired) electrons. The summed E-state index contributed by atoms with van der Waals surface area (Å²) in [5, 5.41) is 0.851. The van der Waals surface area contributed by atoms with Crippen molar-refractivity contribution in [2.75, 3.05) is 13.1 Å². The van der Waals surface area contributed by atoms with Crippen molar-refractivity contribution in [1.29, 1.82) is 0 Å². The monoisotopic (exact) mass is 287 g/mol. The number of nitrogens with two attached hydrogens (primary N) is 1. The fraction of sp³-hybridized carbons (Fsp3) is 0.267. The number of hydrogen-bond acceptors (Lipinski definition) is 3. The van der Waals surface area contributed by atoms with Gasteiger partial charge in [-0.05, 0) is 24.6 Å². The molecule has 1 amide bonds. The van der Waals surface area contributed by atoms with Gasteiger partial charge in [0, 0.05) is 23.7 Å². The first-order valence-corrected chi connectivity index (χ1v) is 6.95. The summed E-state index contributed by atoms with van der Waals surface area (Å²) in [7, 11) is 0. The van der Waals surface area contributed by atoms with Crippen LogP contribution in [0.15, 0.2) is 36.5 Å². The standard InChI is InChI=1S/C15H17N3OS/c1-2-9-18(10-14(16)20)15(19)12-5-3-7-13-11(12)6-4-8-17-13/h3-8H,2,9-10H2,1H3,(H2,16,20). The van der Waals surface area contributed by atoms with Crippen molar-refractivity contribution in [1.82, 2.24) is 9.88 Å². The van der Waals surface area contributed by atoms with Crippen molar-refractivity contribution in [3.63, 3.8) is 0 Å². The Hall–Kier alpha value is -2.01. The molecule has 0 aliphatic rings. The molecule has 104 valence electrons. The predicted octanol–water partition coefficient (Wildman–Crippen LogP) is 2.37.